The third-order valence-electron chi connectivity index (χ3n) is 2.64. The van der Waals surface area contributed by atoms with Crippen LogP contribution in [-0.4, -0.2) is 18.1 Å². The van der Waals surface area contributed by atoms with Gasteiger partial charge in [-0.3, -0.25) is 4.55 Å². The lowest BCUT2D eigenvalue weighted by Crippen LogP contribution is -2.07. The van der Waals surface area contributed by atoms with Gasteiger partial charge in [0.15, 0.2) is 0 Å². The standard InChI is InChI=1S/C12H18O4S/c1-2-3-4-8-11(13)10-7-5-6-9-12(10)17(14,15)16/h5-7,9,11,13H,2-4,8H2,1H3,(H,14,15,16). The molecule has 0 saturated heterocycles. The van der Waals surface area contributed by atoms with E-state index in [1.807, 2.05) is 0 Å². The number of unbranched alkanes of at least 4 members (excludes halogenated alkanes) is 2. The highest BCUT2D eigenvalue weighted by molar-refractivity contribution is 7.85. The maximum Gasteiger partial charge on any atom is 0.294 e. The van der Waals surface area contributed by atoms with Crippen LogP contribution in [0.3, 0.4) is 0 Å². The van der Waals surface area contributed by atoms with Crippen LogP contribution < -0.4 is 0 Å². The van der Waals surface area contributed by atoms with Crippen LogP contribution in [0.25, 0.3) is 0 Å². The van der Waals surface area contributed by atoms with Crippen LogP contribution in [0.5, 0.6) is 0 Å². The Morgan fingerprint density at radius 3 is 2.47 bits per heavy atom. The van der Waals surface area contributed by atoms with Gasteiger partial charge >= 0.3 is 0 Å². The van der Waals surface area contributed by atoms with Crippen molar-refractivity contribution in [1.82, 2.24) is 0 Å². The number of hydrogen-bond acceptors (Lipinski definition) is 3. The van der Waals surface area contributed by atoms with Crippen LogP contribution in [0, 0.1) is 0 Å². The third-order valence-corrected chi connectivity index (χ3v) is 3.56. The molecule has 1 aromatic carbocycles. The molecule has 0 fully saturated rings. The van der Waals surface area contributed by atoms with Crippen molar-refractivity contribution in [1.29, 1.82) is 0 Å². The molecule has 17 heavy (non-hydrogen) atoms. The average molecular weight is 258 g/mol. The SMILES string of the molecule is CCCCCC(O)c1ccccc1S(=O)(=O)O. The van der Waals surface area contributed by atoms with Crippen molar-refractivity contribution in [2.45, 2.75) is 43.6 Å². The second-order valence-electron chi connectivity index (χ2n) is 4.02. The van der Waals surface area contributed by atoms with Crippen molar-refractivity contribution < 1.29 is 18.1 Å². The number of aliphatic hydroxyl groups is 1. The summed E-state index contributed by atoms with van der Waals surface area (Å²) in [7, 11) is -4.27. The van der Waals surface area contributed by atoms with E-state index in [1.54, 1.807) is 6.07 Å². The quantitative estimate of drug-likeness (QED) is 0.607. The highest BCUT2D eigenvalue weighted by atomic mass is 32.2. The van der Waals surface area contributed by atoms with Gasteiger partial charge in [-0.25, -0.2) is 0 Å². The molecule has 0 saturated carbocycles. The van der Waals surface area contributed by atoms with Crippen molar-refractivity contribution >= 4 is 10.1 Å². The molecule has 0 radical (unpaired) electrons. The lowest BCUT2D eigenvalue weighted by molar-refractivity contribution is 0.160. The van der Waals surface area contributed by atoms with Crippen LogP contribution in [0.15, 0.2) is 29.2 Å². The fourth-order valence-corrected chi connectivity index (χ4v) is 2.49. The lowest BCUT2D eigenvalue weighted by Gasteiger charge is -2.13. The molecule has 0 aromatic heterocycles. The van der Waals surface area contributed by atoms with Gasteiger partial charge in [0.05, 0.1) is 11.0 Å². The van der Waals surface area contributed by atoms with Crippen LogP contribution >= 0.6 is 0 Å². The molecule has 1 atom stereocenters. The maximum atomic E-state index is 11.1. The lowest BCUT2D eigenvalue weighted by atomic mass is 10.0. The molecule has 2 N–H and O–H groups in total. The second-order valence-corrected chi connectivity index (χ2v) is 5.41. The fraction of sp³-hybridized carbons (Fsp3) is 0.500. The summed E-state index contributed by atoms with van der Waals surface area (Å²) in [5, 5.41) is 9.92. The van der Waals surface area contributed by atoms with E-state index in [1.165, 1.54) is 18.2 Å². The van der Waals surface area contributed by atoms with Gasteiger partial charge < -0.3 is 5.11 Å². The molecule has 0 aliphatic rings. The Hall–Kier alpha value is -0.910. The molecule has 96 valence electrons. The molecule has 5 heteroatoms. The largest absolute Gasteiger partial charge is 0.388 e. The van der Waals surface area contributed by atoms with E-state index in [-0.39, 0.29) is 10.5 Å². The van der Waals surface area contributed by atoms with Crippen LogP contribution in [0.2, 0.25) is 0 Å². The Labute approximate surface area is 102 Å². The minimum absolute atomic E-state index is 0.205. The van der Waals surface area contributed by atoms with E-state index in [9.17, 15) is 13.5 Å². The zero-order chi connectivity index (χ0) is 12.9. The van der Waals surface area contributed by atoms with Crippen LogP contribution in [0.4, 0.5) is 0 Å². The first-order valence-corrected chi connectivity index (χ1v) is 7.15. The molecule has 0 aliphatic carbocycles. The van der Waals surface area contributed by atoms with Gasteiger partial charge in [0.25, 0.3) is 10.1 Å². The van der Waals surface area contributed by atoms with Crippen molar-refractivity contribution in [2.24, 2.45) is 0 Å². The Bertz CT molecular complexity index is 453. The van der Waals surface area contributed by atoms with Crippen LogP contribution in [0.1, 0.15) is 44.3 Å². The predicted octanol–water partition coefficient (Wildman–Crippen LogP) is 2.55. The summed E-state index contributed by atoms with van der Waals surface area (Å²) in [5.74, 6) is 0. The summed E-state index contributed by atoms with van der Waals surface area (Å²) in [5.41, 5.74) is 0.270. The zero-order valence-corrected chi connectivity index (χ0v) is 10.7. The summed E-state index contributed by atoms with van der Waals surface area (Å²) in [4.78, 5) is -0.205. The van der Waals surface area contributed by atoms with Gasteiger partial charge in [0.2, 0.25) is 0 Å². The topological polar surface area (TPSA) is 74.6 Å². The average Bonchev–Trinajstić information content (AvgIpc) is 2.28. The predicted molar refractivity (Wildman–Crippen MR) is 65.4 cm³/mol. The molecule has 0 heterocycles. The molecule has 1 aromatic rings. The first-order valence-electron chi connectivity index (χ1n) is 5.71. The first kappa shape index (κ1) is 14.2. The molecule has 0 spiro atoms. The van der Waals surface area contributed by atoms with E-state index < -0.39 is 16.2 Å². The highest BCUT2D eigenvalue weighted by Gasteiger charge is 2.19. The molecule has 4 nitrogen and oxygen atoms in total. The molecular formula is C12H18O4S. The fourth-order valence-electron chi connectivity index (χ4n) is 1.73. The molecular weight excluding hydrogens is 240 g/mol. The Balaban J connectivity index is 2.90. The van der Waals surface area contributed by atoms with Crippen molar-refractivity contribution in [3.8, 4) is 0 Å². The molecule has 0 aliphatic heterocycles. The normalized spacial score (nSPS) is 13.6. The summed E-state index contributed by atoms with van der Waals surface area (Å²) in [6.45, 7) is 2.05. The number of hydrogen-bond donors (Lipinski definition) is 2. The Morgan fingerprint density at radius 1 is 1.24 bits per heavy atom. The number of benzene rings is 1. The van der Waals surface area contributed by atoms with Crippen molar-refractivity contribution in [2.75, 3.05) is 0 Å². The van der Waals surface area contributed by atoms with Crippen molar-refractivity contribution in [3.63, 3.8) is 0 Å². The molecule has 1 rings (SSSR count). The van der Waals surface area contributed by atoms with Gasteiger partial charge in [-0.05, 0) is 12.5 Å². The third kappa shape index (κ3) is 4.11. The van der Waals surface area contributed by atoms with Gasteiger partial charge in [-0.1, -0.05) is 44.4 Å². The van der Waals surface area contributed by atoms with E-state index >= 15 is 0 Å². The number of aliphatic hydroxyl groups excluding tert-OH is 1. The molecule has 0 amide bonds. The second kappa shape index (κ2) is 6.14. The van der Waals surface area contributed by atoms with Gasteiger partial charge in [0, 0.05) is 5.56 Å². The minimum Gasteiger partial charge on any atom is -0.388 e. The number of rotatable bonds is 6. The van der Waals surface area contributed by atoms with Crippen LogP contribution in [-0.2, 0) is 10.1 Å². The maximum absolute atomic E-state index is 11.1. The summed E-state index contributed by atoms with van der Waals surface area (Å²) in [6.07, 6.45) is 2.51. The first-order chi connectivity index (χ1) is 7.96. The zero-order valence-electron chi connectivity index (χ0n) is 9.83. The van der Waals surface area contributed by atoms with Crippen molar-refractivity contribution in [3.05, 3.63) is 29.8 Å². The summed E-state index contributed by atoms with van der Waals surface area (Å²) >= 11 is 0. The van der Waals surface area contributed by atoms with Gasteiger partial charge in [-0.15, -0.1) is 0 Å². The highest BCUT2D eigenvalue weighted by Crippen LogP contribution is 2.26. The molecule has 1 unspecified atom stereocenters. The Kier molecular flexibility index (Phi) is 5.11. The van der Waals surface area contributed by atoms with Gasteiger partial charge in [0.1, 0.15) is 0 Å². The summed E-state index contributed by atoms with van der Waals surface area (Å²) in [6, 6.07) is 5.99. The molecule has 0 bridgehead atoms. The smallest absolute Gasteiger partial charge is 0.294 e. The minimum atomic E-state index is -4.27. The summed E-state index contributed by atoms with van der Waals surface area (Å²) < 4.78 is 31.3. The van der Waals surface area contributed by atoms with Gasteiger partial charge in [-0.2, -0.15) is 8.42 Å². The van der Waals surface area contributed by atoms with E-state index in [0.717, 1.165) is 19.3 Å². The van der Waals surface area contributed by atoms with E-state index in [4.69, 9.17) is 4.55 Å². The van der Waals surface area contributed by atoms with E-state index in [2.05, 4.69) is 6.92 Å². The van der Waals surface area contributed by atoms with E-state index in [0.29, 0.717) is 6.42 Å². The monoisotopic (exact) mass is 258 g/mol. The Morgan fingerprint density at radius 2 is 1.88 bits per heavy atom.